The molecule has 10 nitrogen and oxygen atoms in total. The van der Waals surface area contributed by atoms with Crippen molar-refractivity contribution in [3.8, 4) is 11.4 Å². The number of hydrogen-bond acceptors (Lipinski definition) is 8. The Bertz CT molecular complexity index is 1620. The van der Waals surface area contributed by atoms with Crippen molar-refractivity contribution >= 4 is 34.3 Å². The average molecular weight is 537 g/mol. The van der Waals surface area contributed by atoms with Gasteiger partial charge in [0, 0.05) is 17.8 Å². The van der Waals surface area contributed by atoms with E-state index in [-0.39, 0.29) is 6.61 Å². The second kappa shape index (κ2) is 10.1. The fourth-order valence-corrected chi connectivity index (χ4v) is 3.75. The molecule has 0 saturated heterocycles. The molecular weight excluding hydrogens is 518 g/mol. The summed E-state index contributed by atoms with van der Waals surface area (Å²) in [7, 11) is 0. The summed E-state index contributed by atoms with van der Waals surface area (Å²) in [5.74, 6) is -8.65. The van der Waals surface area contributed by atoms with Crippen LogP contribution < -0.4 is 10.2 Å². The first-order valence-corrected chi connectivity index (χ1v) is 10.8. The smallest absolute Gasteiger partial charge is 0.343 e. The van der Waals surface area contributed by atoms with Gasteiger partial charge in [-0.2, -0.15) is 9.38 Å². The Kier molecular flexibility index (Phi) is 7.41. The number of nitro benzene ring substituents is 1. The van der Waals surface area contributed by atoms with Gasteiger partial charge in [-0.25, -0.2) is 22.8 Å². The molecule has 1 aromatic heterocycles. The van der Waals surface area contributed by atoms with Crippen molar-refractivity contribution in [3.63, 3.8) is 0 Å². The van der Waals surface area contributed by atoms with Crippen molar-refractivity contribution < 1.29 is 41.5 Å². The van der Waals surface area contributed by atoms with Gasteiger partial charge in [-0.1, -0.05) is 0 Å². The number of aromatic nitrogens is 1. The number of nitro groups is 1. The number of aliphatic imine (C=N–C) groups is 1. The van der Waals surface area contributed by atoms with Crippen molar-refractivity contribution in [2.75, 3.05) is 6.61 Å². The molecule has 0 N–H and O–H groups in total. The van der Waals surface area contributed by atoms with Gasteiger partial charge in [0.15, 0.2) is 23.2 Å². The van der Waals surface area contributed by atoms with Crippen LogP contribution in [-0.4, -0.2) is 33.7 Å². The second-order valence-electron chi connectivity index (χ2n) is 8.83. The zero-order valence-electron chi connectivity index (χ0n) is 20.6. The zero-order valence-corrected chi connectivity index (χ0v) is 20.6. The van der Waals surface area contributed by atoms with Crippen LogP contribution in [0.15, 0.2) is 22.1 Å². The molecule has 3 aromatic rings. The molecule has 0 aliphatic heterocycles. The molecule has 38 heavy (non-hydrogen) atoms. The molecule has 0 radical (unpaired) electrons. The Balaban J connectivity index is 2.74. The van der Waals surface area contributed by atoms with Gasteiger partial charge in [-0.3, -0.25) is 14.9 Å². The summed E-state index contributed by atoms with van der Waals surface area (Å²) in [5.41, 5.74) is -8.32. The molecule has 0 aliphatic carbocycles. The molecular formula is C24H19F4N3O7. The topological polar surface area (TPSA) is 130 Å². The molecule has 0 atom stereocenters. The first kappa shape index (κ1) is 28.0. The molecule has 0 fully saturated rings. The van der Waals surface area contributed by atoms with E-state index >= 15 is 4.39 Å². The molecule has 0 saturated carbocycles. The summed E-state index contributed by atoms with van der Waals surface area (Å²) in [6.07, 6.45) is 1.75. The van der Waals surface area contributed by atoms with Crippen LogP contribution in [-0.2, 0) is 9.53 Å². The van der Waals surface area contributed by atoms with E-state index in [0.717, 1.165) is 13.0 Å². The van der Waals surface area contributed by atoms with Crippen LogP contribution >= 0.6 is 0 Å². The van der Waals surface area contributed by atoms with Crippen molar-refractivity contribution in [2.24, 2.45) is 4.99 Å². The largest absolute Gasteiger partial charge is 0.483 e. The van der Waals surface area contributed by atoms with E-state index in [1.54, 1.807) is 0 Å². The number of ether oxygens (including phenoxy) is 2. The third-order valence-electron chi connectivity index (χ3n) is 5.15. The Hall–Kier alpha value is -4.58. The molecule has 2 aromatic carbocycles. The molecule has 0 amide bonds. The number of rotatable bonds is 6. The van der Waals surface area contributed by atoms with Gasteiger partial charge in [0.25, 0.3) is 0 Å². The van der Waals surface area contributed by atoms with Crippen molar-refractivity contribution in [1.29, 1.82) is 0 Å². The average Bonchev–Trinajstić information content (AvgIpc) is 2.80. The highest BCUT2D eigenvalue weighted by Gasteiger charge is 2.34. The second-order valence-corrected chi connectivity index (χ2v) is 8.83. The van der Waals surface area contributed by atoms with Gasteiger partial charge < -0.3 is 14.0 Å². The van der Waals surface area contributed by atoms with Gasteiger partial charge in [0.05, 0.1) is 17.0 Å². The molecule has 0 bridgehead atoms. The highest BCUT2D eigenvalue weighted by Crippen LogP contribution is 2.42. The van der Waals surface area contributed by atoms with E-state index in [4.69, 9.17) is 9.47 Å². The molecule has 200 valence electrons. The highest BCUT2D eigenvalue weighted by molar-refractivity contribution is 5.99. The van der Waals surface area contributed by atoms with Crippen LogP contribution in [0.1, 0.15) is 43.6 Å². The normalized spacial score (nSPS) is 11.3. The number of esters is 1. The van der Waals surface area contributed by atoms with Gasteiger partial charge in [0.2, 0.25) is 17.3 Å². The quantitative estimate of drug-likeness (QED) is 0.107. The standard InChI is InChI=1S/C24H19F4N3O7/c1-6-37-23(34)11-8-30(18-10(2)15(27)16(28)20(31(35)36)14(18)21(11)33)19-12(25)7-13(26)22(17(19)29-9-32)38-24(3,4)5/h7-8H,6H2,1-5H3. The van der Waals surface area contributed by atoms with Gasteiger partial charge in [-0.05, 0) is 34.6 Å². The van der Waals surface area contributed by atoms with Crippen LogP contribution in [0.2, 0.25) is 0 Å². The van der Waals surface area contributed by atoms with Crippen LogP contribution in [0.5, 0.6) is 5.75 Å². The third kappa shape index (κ3) is 4.73. The number of pyridine rings is 1. The monoisotopic (exact) mass is 537 g/mol. The van der Waals surface area contributed by atoms with Crippen LogP contribution in [0.3, 0.4) is 0 Å². The third-order valence-corrected chi connectivity index (χ3v) is 5.15. The first-order chi connectivity index (χ1) is 17.7. The zero-order chi connectivity index (χ0) is 28.7. The summed E-state index contributed by atoms with van der Waals surface area (Å²) in [6.45, 7) is 6.52. The molecule has 1 heterocycles. The summed E-state index contributed by atoms with van der Waals surface area (Å²) < 4.78 is 70.7. The van der Waals surface area contributed by atoms with Gasteiger partial charge in [0.1, 0.15) is 27.9 Å². The maximum atomic E-state index is 15.4. The van der Waals surface area contributed by atoms with E-state index in [1.807, 2.05) is 0 Å². The van der Waals surface area contributed by atoms with Crippen molar-refractivity contribution in [3.05, 3.63) is 67.0 Å². The summed E-state index contributed by atoms with van der Waals surface area (Å²) in [6, 6.07) is 0.317. The minimum absolute atomic E-state index is 0.260. The number of fused-ring (bicyclic) bond motifs is 1. The molecule has 0 aliphatic rings. The maximum absolute atomic E-state index is 15.4. The van der Waals surface area contributed by atoms with E-state index in [2.05, 4.69) is 4.99 Å². The molecule has 0 unspecified atom stereocenters. The number of hydrogen-bond donors (Lipinski definition) is 0. The number of carbonyl (C=O) groups excluding carboxylic acids is 2. The molecule has 14 heteroatoms. The maximum Gasteiger partial charge on any atom is 0.343 e. The molecule has 0 spiro atoms. The number of carbonyl (C=O) groups is 1. The van der Waals surface area contributed by atoms with Crippen molar-refractivity contribution in [2.45, 2.75) is 40.2 Å². The lowest BCUT2D eigenvalue weighted by Gasteiger charge is -2.24. The number of aryl methyl sites for hydroxylation is 1. The fraction of sp³-hybridized carbons (Fsp3) is 0.292. The van der Waals surface area contributed by atoms with Crippen LogP contribution in [0.25, 0.3) is 16.6 Å². The highest BCUT2D eigenvalue weighted by atomic mass is 19.2. The van der Waals surface area contributed by atoms with Gasteiger partial charge >= 0.3 is 11.7 Å². The number of halogens is 4. The lowest BCUT2D eigenvalue weighted by molar-refractivity contribution is -0.386. The summed E-state index contributed by atoms with van der Waals surface area (Å²) in [4.78, 5) is 50.7. The minimum atomic E-state index is -2.01. The van der Waals surface area contributed by atoms with Crippen LogP contribution in [0, 0.1) is 40.3 Å². The lowest BCUT2D eigenvalue weighted by Crippen LogP contribution is -2.25. The Morgan fingerprint density at radius 1 is 1.18 bits per heavy atom. The Morgan fingerprint density at radius 2 is 1.82 bits per heavy atom. The van der Waals surface area contributed by atoms with Gasteiger partial charge in [-0.15, -0.1) is 0 Å². The lowest BCUT2D eigenvalue weighted by atomic mass is 10.0. The first-order valence-electron chi connectivity index (χ1n) is 10.8. The van der Waals surface area contributed by atoms with Crippen molar-refractivity contribution in [1.82, 2.24) is 4.57 Å². The number of benzene rings is 2. The predicted molar refractivity (Wildman–Crippen MR) is 125 cm³/mol. The number of nitrogens with zero attached hydrogens (tertiary/aromatic N) is 3. The van der Waals surface area contributed by atoms with E-state index in [9.17, 15) is 37.7 Å². The molecule has 3 rings (SSSR count). The number of isocyanates is 1. The van der Waals surface area contributed by atoms with E-state index in [1.165, 1.54) is 27.7 Å². The van der Waals surface area contributed by atoms with E-state index < -0.39 is 90.0 Å². The minimum Gasteiger partial charge on any atom is -0.483 e. The van der Waals surface area contributed by atoms with Crippen LogP contribution in [0.4, 0.5) is 28.9 Å². The Morgan fingerprint density at radius 3 is 2.34 bits per heavy atom. The SMILES string of the molecule is CCOC(=O)c1cn(-c2c(F)cc(F)c(OC(C)(C)C)c2N=C=O)c2c(C)c(F)c(F)c([N+](=O)[O-])c2c1=O. The van der Waals surface area contributed by atoms with E-state index in [0.29, 0.717) is 16.8 Å². The Labute approximate surface area is 211 Å². The predicted octanol–water partition coefficient (Wildman–Crippen LogP) is 5.09. The summed E-state index contributed by atoms with van der Waals surface area (Å²) >= 11 is 0. The summed E-state index contributed by atoms with van der Waals surface area (Å²) in [5, 5.41) is 10.6. The fourth-order valence-electron chi connectivity index (χ4n) is 3.75.